The zero-order chi connectivity index (χ0) is 14.6. The van der Waals surface area contributed by atoms with Gasteiger partial charge in [0.1, 0.15) is 0 Å². The van der Waals surface area contributed by atoms with Gasteiger partial charge in [0.25, 0.3) is 0 Å². The molecule has 1 saturated heterocycles. The molecule has 0 aromatic carbocycles. The Kier molecular flexibility index (Phi) is 4.43. The first-order chi connectivity index (χ1) is 9.50. The predicted molar refractivity (Wildman–Crippen MR) is 73.3 cm³/mol. The Bertz CT molecular complexity index is 557. The Balaban J connectivity index is 1.83. The Morgan fingerprint density at radius 1 is 1.40 bits per heavy atom. The number of hydrogen-bond donors (Lipinski definition) is 1. The van der Waals surface area contributed by atoms with Crippen molar-refractivity contribution < 1.29 is 17.9 Å². The number of urea groups is 1. The summed E-state index contributed by atoms with van der Waals surface area (Å²) in [6.45, 7) is 0.836. The second-order valence-corrected chi connectivity index (χ2v) is 6.81. The van der Waals surface area contributed by atoms with Crippen LogP contribution in [0.3, 0.4) is 0 Å². The highest BCUT2D eigenvalue weighted by molar-refractivity contribution is 7.91. The first-order valence-electron chi connectivity index (χ1n) is 6.22. The quantitative estimate of drug-likeness (QED) is 0.850. The molecule has 2 heterocycles. The van der Waals surface area contributed by atoms with Crippen molar-refractivity contribution in [1.29, 1.82) is 0 Å². The Morgan fingerprint density at radius 2 is 2.10 bits per heavy atom. The summed E-state index contributed by atoms with van der Waals surface area (Å²) in [5.74, 6) is 0.580. The summed E-state index contributed by atoms with van der Waals surface area (Å²) in [6.07, 6.45) is 1.62. The van der Waals surface area contributed by atoms with Crippen LogP contribution >= 0.6 is 0 Å². The molecular weight excluding hydrogens is 282 g/mol. The van der Waals surface area contributed by atoms with Crippen LogP contribution in [0.15, 0.2) is 18.3 Å². The van der Waals surface area contributed by atoms with E-state index in [2.05, 4.69) is 10.3 Å². The standard InChI is InChI=1S/C12H17N3O4S/c1-19-11-3-2-10(8-13-11)9-14-12(16)15-4-6-20(17,18)7-5-15/h2-3,8H,4-7,9H2,1H3,(H,14,16). The molecule has 1 aromatic heterocycles. The van der Waals surface area contributed by atoms with Gasteiger partial charge in [0, 0.05) is 31.9 Å². The van der Waals surface area contributed by atoms with E-state index in [4.69, 9.17) is 4.74 Å². The van der Waals surface area contributed by atoms with E-state index in [0.717, 1.165) is 5.56 Å². The van der Waals surface area contributed by atoms with E-state index in [9.17, 15) is 13.2 Å². The molecule has 0 spiro atoms. The molecule has 7 nitrogen and oxygen atoms in total. The van der Waals surface area contributed by atoms with Crippen molar-refractivity contribution in [2.24, 2.45) is 0 Å². The van der Waals surface area contributed by atoms with Crippen molar-refractivity contribution in [3.63, 3.8) is 0 Å². The molecule has 0 saturated carbocycles. The number of pyridine rings is 1. The third-order valence-corrected chi connectivity index (χ3v) is 4.69. The molecule has 0 unspecified atom stereocenters. The molecule has 110 valence electrons. The first-order valence-corrected chi connectivity index (χ1v) is 8.04. The molecule has 0 radical (unpaired) electrons. The van der Waals surface area contributed by atoms with E-state index >= 15 is 0 Å². The Morgan fingerprint density at radius 3 is 2.65 bits per heavy atom. The van der Waals surface area contributed by atoms with Gasteiger partial charge in [0.2, 0.25) is 5.88 Å². The van der Waals surface area contributed by atoms with Gasteiger partial charge < -0.3 is 15.0 Å². The molecule has 2 amide bonds. The van der Waals surface area contributed by atoms with Crippen LogP contribution in [-0.2, 0) is 16.4 Å². The zero-order valence-corrected chi connectivity index (χ0v) is 12.0. The number of nitrogens with one attached hydrogen (secondary N) is 1. The summed E-state index contributed by atoms with van der Waals surface area (Å²) in [5.41, 5.74) is 0.851. The lowest BCUT2D eigenvalue weighted by Gasteiger charge is -2.26. The number of ether oxygens (including phenoxy) is 1. The lowest BCUT2D eigenvalue weighted by Crippen LogP contribution is -2.47. The number of rotatable bonds is 3. The fraction of sp³-hybridized carbons (Fsp3) is 0.500. The SMILES string of the molecule is COc1ccc(CNC(=O)N2CCS(=O)(=O)CC2)cn1. The highest BCUT2D eigenvalue weighted by Gasteiger charge is 2.24. The lowest BCUT2D eigenvalue weighted by atomic mass is 10.3. The van der Waals surface area contributed by atoms with Crippen molar-refractivity contribution in [2.75, 3.05) is 31.7 Å². The van der Waals surface area contributed by atoms with E-state index in [1.165, 1.54) is 12.0 Å². The average molecular weight is 299 g/mol. The third-order valence-electron chi connectivity index (χ3n) is 3.08. The molecule has 1 aromatic rings. The van der Waals surface area contributed by atoms with Gasteiger partial charge in [-0.15, -0.1) is 0 Å². The van der Waals surface area contributed by atoms with Gasteiger partial charge in [-0.1, -0.05) is 6.07 Å². The summed E-state index contributed by atoms with van der Waals surface area (Å²) in [5, 5.41) is 2.74. The van der Waals surface area contributed by atoms with Crippen molar-refractivity contribution in [2.45, 2.75) is 6.54 Å². The number of hydrogen-bond acceptors (Lipinski definition) is 5. The van der Waals surface area contributed by atoms with Crippen LogP contribution in [0.25, 0.3) is 0 Å². The summed E-state index contributed by atoms with van der Waals surface area (Å²) >= 11 is 0. The van der Waals surface area contributed by atoms with E-state index in [0.29, 0.717) is 12.4 Å². The molecule has 2 rings (SSSR count). The minimum atomic E-state index is -2.97. The largest absolute Gasteiger partial charge is 0.481 e. The number of nitrogens with zero attached hydrogens (tertiary/aromatic N) is 2. The highest BCUT2D eigenvalue weighted by Crippen LogP contribution is 2.07. The minimum Gasteiger partial charge on any atom is -0.481 e. The van der Waals surface area contributed by atoms with Crippen molar-refractivity contribution in [1.82, 2.24) is 15.2 Å². The Labute approximate surface area is 117 Å². The fourth-order valence-corrected chi connectivity index (χ4v) is 3.04. The highest BCUT2D eigenvalue weighted by atomic mass is 32.2. The maximum Gasteiger partial charge on any atom is 0.317 e. The van der Waals surface area contributed by atoms with Gasteiger partial charge in [0.05, 0.1) is 18.6 Å². The topological polar surface area (TPSA) is 88.6 Å². The van der Waals surface area contributed by atoms with Crippen LogP contribution in [0.5, 0.6) is 5.88 Å². The van der Waals surface area contributed by atoms with Crippen LogP contribution in [-0.4, -0.2) is 56.0 Å². The molecule has 1 aliphatic heterocycles. The Hall–Kier alpha value is -1.83. The molecule has 0 atom stereocenters. The third kappa shape index (κ3) is 3.83. The molecule has 8 heteroatoms. The number of carbonyl (C=O) groups excluding carboxylic acids is 1. The number of sulfone groups is 1. The maximum absolute atomic E-state index is 11.9. The molecule has 1 N–H and O–H groups in total. The van der Waals surface area contributed by atoms with E-state index in [-0.39, 0.29) is 30.6 Å². The van der Waals surface area contributed by atoms with Gasteiger partial charge >= 0.3 is 6.03 Å². The normalized spacial score (nSPS) is 17.6. The summed E-state index contributed by atoms with van der Waals surface area (Å²) in [4.78, 5) is 17.4. The smallest absolute Gasteiger partial charge is 0.317 e. The van der Waals surface area contributed by atoms with Gasteiger partial charge in [-0.2, -0.15) is 0 Å². The molecule has 1 aliphatic rings. The van der Waals surface area contributed by atoms with Crippen LogP contribution in [0, 0.1) is 0 Å². The van der Waals surface area contributed by atoms with E-state index < -0.39 is 9.84 Å². The maximum atomic E-state index is 11.9. The van der Waals surface area contributed by atoms with Crippen molar-refractivity contribution >= 4 is 15.9 Å². The molecule has 1 fully saturated rings. The molecule has 0 bridgehead atoms. The first kappa shape index (κ1) is 14.6. The number of carbonyl (C=O) groups is 1. The van der Waals surface area contributed by atoms with Crippen molar-refractivity contribution in [3.05, 3.63) is 23.9 Å². The van der Waals surface area contributed by atoms with Gasteiger partial charge in [-0.25, -0.2) is 18.2 Å². The summed E-state index contributed by atoms with van der Waals surface area (Å²) in [6, 6.07) is 3.28. The second kappa shape index (κ2) is 6.08. The van der Waals surface area contributed by atoms with Crippen LogP contribution in [0.4, 0.5) is 4.79 Å². The molecule has 0 aliphatic carbocycles. The summed E-state index contributed by atoms with van der Waals surface area (Å²) < 4.78 is 27.5. The summed E-state index contributed by atoms with van der Waals surface area (Å²) in [7, 11) is -1.43. The lowest BCUT2D eigenvalue weighted by molar-refractivity contribution is 0.201. The number of amides is 2. The van der Waals surface area contributed by atoms with E-state index in [1.807, 2.05) is 6.07 Å². The van der Waals surface area contributed by atoms with Crippen molar-refractivity contribution in [3.8, 4) is 5.88 Å². The minimum absolute atomic E-state index is 0.0323. The predicted octanol–water partition coefficient (Wildman–Crippen LogP) is 0.0302. The average Bonchev–Trinajstić information content (AvgIpc) is 2.45. The van der Waals surface area contributed by atoms with Crippen LogP contribution in [0.1, 0.15) is 5.56 Å². The zero-order valence-electron chi connectivity index (χ0n) is 11.2. The molecule has 20 heavy (non-hydrogen) atoms. The monoisotopic (exact) mass is 299 g/mol. The van der Waals surface area contributed by atoms with Gasteiger partial charge in [-0.05, 0) is 5.56 Å². The van der Waals surface area contributed by atoms with Gasteiger partial charge in [-0.3, -0.25) is 0 Å². The number of aromatic nitrogens is 1. The van der Waals surface area contributed by atoms with E-state index in [1.54, 1.807) is 12.3 Å². The second-order valence-electron chi connectivity index (χ2n) is 4.51. The number of methoxy groups -OCH3 is 1. The molecular formula is C12H17N3O4S. The fourth-order valence-electron chi connectivity index (χ4n) is 1.84. The van der Waals surface area contributed by atoms with Crippen LogP contribution in [0.2, 0.25) is 0 Å². The van der Waals surface area contributed by atoms with Crippen LogP contribution < -0.4 is 10.1 Å². The van der Waals surface area contributed by atoms with Gasteiger partial charge in [0.15, 0.2) is 9.84 Å².